The fraction of sp³-hybridized carbons (Fsp3) is 0.375. The number of hydrogen-bond acceptors (Lipinski definition) is 3. The van der Waals surface area contributed by atoms with E-state index in [1.807, 2.05) is 13.8 Å². The van der Waals surface area contributed by atoms with Crippen LogP contribution in [0.1, 0.15) is 31.2 Å². The van der Waals surface area contributed by atoms with Crippen molar-refractivity contribution in [3.8, 4) is 5.69 Å². The Morgan fingerprint density at radius 2 is 2.12 bits per heavy atom. The van der Waals surface area contributed by atoms with Gasteiger partial charge in [0.05, 0.1) is 5.69 Å². The molecular weight excluding hydrogens is 354 g/mol. The molecule has 1 unspecified atom stereocenters. The molecule has 0 aliphatic carbocycles. The molecule has 0 aliphatic heterocycles. The maximum Gasteiger partial charge on any atom is 0.220 e. The maximum absolute atomic E-state index is 14.2. The van der Waals surface area contributed by atoms with Crippen molar-refractivity contribution in [2.75, 3.05) is 0 Å². The standard InChI is InChI=1S/C16H21FN4O.2ClH/c1-11(18)3-6-16(22)20-10-13-4-5-15(14(17)9-13)21-8-7-19-12(21)2;;/h4-5,7-9,11H,3,6,10,18H2,1-2H3,(H,20,22);2*1H. The van der Waals surface area contributed by atoms with Crippen LogP contribution in [0.4, 0.5) is 4.39 Å². The number of halogens is 3. The first-order valence-corrected chi connectivity index (χ1v) is 7.28. The van der Waals surface area contributed by atoms with E-state index < -0.39 is 0 Å². The van der Waals surface area contributed by atoms with E-state index in [1.165, 1.54) is 6.07 Å². The molecule has 1 atom stereocenters. The maximum atomic E-state index is 14.2. The lowest BCUT2D eigenvalue weighted by molar-refractivity contribution is -0.121. The number of aryl methyl sites for hydroxylation is 1. The average molecular weight is 377 g/mol. The van der Waals surface area contributed by atoms with Gasteiger partial charge in [-0.1, -0.05) is 6.07 Å². The van der Waals surface area contributed by atoms with Crippen molar-refractivity contribution in [3.63, 3.8) is 0 Å². The lowest BCUT2D eigenvalue weighted by Crippen LogP contribution is -2.25. The van der Waals surface area contributed by atoms with E-state index in [-0.39, 0.29) is 42.6 Å². The topological polar surface area (TPSA) is 72.9 Å². The zero-order valence-electron chi connectivity index (χ0n) is 13.7. The number of nitrogens with one attached hydrogen (secondary N) is 1. The van der Waals surface area contributed by atoms with Gasteiger partial charge in [0.25, 0.3) is 0 Å². The summed E-state index contributed by atoms with van der Waals surface area (Å²) in [6, 6.07) is 4.92. The minimum absolute atomic E-state index is 0. The Labute approximate surface area is 153 Å². The SMILES string of the molecule is Cc1nccn1-c1ccc(CNC(=O)CCC(C)N)cc1F.Cl.Cl. The highest BCUT2D eigenvalue weighted by Crippen LogP contribution is 2.16. The highest BCUT2D eigenvalue weighted by molar-refractivity contribution is 5.85. The number of hydrogen-bond donors (Lipinski definition) is 2. The Balaban J connectivity index is 0.00000264. The van der Waals surface area contributed by atoms with Crippen LogP contribution in [0.3, 0.4) is 0 Å². The highest BCUT2D eigenvalue weighted by Gasteiger charge is 2.09. The number of aromatic nitrogens is 2. The van der Waals surface area contributed by atoms with Crippen LogP contribution in [0.2, 0.25) is 0 Å². The van der Waals surface area contributed by atoms with Crippen LogP contribution >= 0.6 is 24.8 Å². The second-order valence-corrected chi connectivity index (χ2v) is 5.42. The fourth-order valence-electron chi connectivity index (χ4n) is 2.14. The lowest BCUT2D eigenvalue weighted by atomic mass is 10.1. The Morgan fingerprint density at radius 1 is 1.42 bits per heavy atom. The van der Waals surface area contributed by atoms with E-state index in [0.29, 0.717) is 30.6 Å². The van der Waals surface area contributed by atoms with E-state index in [4.69, 9.17) is 5.73 Å². The Morgan fingerprint density at radius 3 is 2.67 bits per heavy atom. The Kier molecular flexibility index (Phi) is 9.58. The van der Waals surface area contributed by atoms with Gasteiger partial charge in [-0.05, 0) is 38.0 Å². The van der Waals surface area contributed by atoms with Gasteiger partial charge in [-0.25, -0.2) is 9.37 Å². The summed E-state index contributed by atoms with van der Waals surface area (Å²) in [5.74, 6) is 0.298. The number of imidazole rings is 1. The monoisotopic (exact) mass is 376 g/mol. The molecule has 0 radical (unpaired) electrons. The van der Waals surface area contributed by atoms with E-state index in [1.54, 1.807) is 29.1 Å². The van der Waals surface area contributed by atoms with Crippen LogP contribution in [0.15, 0.2) is 30.6 Å². The molecule has 1 heterocycles. The van der Waals surface area contributed by atoms with Crippen LogP contribution in [0, 0.1) is 12.7 Å². The van der Waals surface area contributed by atoms with Crippen LogP contribution in [-0.2, 0) is 11.3 Å². The molecule has 2 rings (SSSR count). The Hall–Kier alpha value is -1.63. The smallest absolute Gasteiger partial charge is 0.220 e. The van der Waals surface area contributed by atoms with Gasteiger partial charge in [0.15, 0.2) is 0 Å². The summed E-state index contributed by atoms with van der Waals surface area (Å²) in [7, 11) is 0. The van der Waals surface area contributed by atoms with Gasteiger partial charge in [-0.3, -0.25) is 4.79 Å². The summed E-state index contributed by atoms with van der Waals surface area (Å²) in [5.41, 5.74) is 6.77. The number of nitrogens with zero attached hydrogens (tertiary/aromatic N) is 2. The molecule has 0 bridgehead atoms. The molecule has 0 saturated heterocycles. The molecular formula is C16H23Cl2FN4O. The minimum Gasteiger partial charge on any atom is -0.352 e. The quantitative estimate of drug-likeness (QED) is 0.813. The van der Waals surface area contributed by atoms with Crippen molar-refractivity contribution in [1.82, 2.24) is 14.9 Å². The number of benzene rings is 1. The molecule has 0 saturated carbocycles. The van der Waals surface area contributed by atoms with Crippen molar-refractivity contribution in [3.05, 3.63) is 47.8 Å². The molecule has 8 heteroatoms. The summed E-state index contributed by atoms with van der Waals surface area (Å²) >= 11 is 0. The first kappa shape index (κ1) is 22.4. The first-order chi connectivity index (χ1) is 10.5. The van der Waals surface area contributed by atoms with Crippen molar-refractivity contribution >= 4 is 30.7 Å². The van der Waals surface area contributed by atoms with Crippen LogP contribution < -0.4 is 11.1 Å². The summed E-state index contributed by atoms with van der Waals surface area (Å²) in [6.45, 7) is 3.98. The third-order valence-corrected chi connectivity index (χ3v) is 3.41. The van der Waals surface area contributed by atoms with Crippen molar-refractivity contribution in [2.45, 2.75) is 39.3 Å². The third-order valence-electron chi connectivity index (χ3n) is 3.41. The zero-order valence-corrected chi connectivity index (χ0v) is 15.3. The third kappa shape index (κ3) is 6.11. The predicted octanol–water partition coefficient (Wildman–Crippen LogP) is 2.91. The first-order valence-electron chi connectivity index (χ1n) is 7.28. The van der Waals surface area contributed by atoms with Gasteiger partial charge in [-0.15, -0.1) is 24.8 Å². The van der Waals surface area contributed by atoms with E-state index >= 15 is 0 Å². The number of rotatable bonds is 6. The lowest BCUT2D eigenvalue weighted by Gasteiger charge is -2.10. The van der Waals surface area contributed by atoms with Gasteiger partial charge in [0, 0.05) is 31.4 Å². The minimum atomic E-state index is -0.344. The number of carbonyl (C=O) groups is 1. The second-order valence-electron chi connectivity index (χ2n) is 5.42. The second kappa shape index (κ2) is 10.3. The Bertz CT molecular complexity index is 661. The highest BCUT2D eigenvalue weighted by atomic mass is 35.5. The molecule has 1 aromatic heterocycles. The number of carbonyl (C=O) groups excluding carboxylic acids is 1. The van der Waals surface area contributed by atoms with Gasteiger partial charge in [0.2, 0.25) is 5.91 Å². The summed E-state index contributed by atoms with van der Waals surface area (Å²) in [4.78, 5) is 15.7. The van der Waals surface area contributed by atoms with E-state index in [9.17, 15) is 9.18 Å². The number of amides is 1. The number of nitrogens with two attached hydrogens (primary N) is 1. The zero-order chi connectivity index (χ0) is 16.1. The van der Waals surface area contributed by atoms with Gasteiger partial charge < -0.3 is 15.6 Å². The van der Waals surface area contributed by atoms with Crippen molar-refractivity contribution < 1.29 is 9.18 Å². The van der Waals surface area contributed by atoms with E-state index in [2.05, 4.69) is 10.3 Å². The molecule has 5 nitrogen and oxygen atoms in total. The molecule has 0 fully saturated rings. The largest absolute Gasteiger partial charge is 0.352 e. The van der Waals surface area contributed by atoms with E-state index in [0.717, 1.165) is 5.82 Å². The van der Waals surface area contributed by atoms with Crippen molar-refractivity contribution in [1.29, 1.82) is 0 Å². The average Bonchev–Trinajstić information content (AvgIpc) is 2.89. The van der Waals surface area contributed by atoms with Crippen LogP contribution in [0.5, 0.6) is 0 Å². The summed E-state index contributed by atoms with van der Waals surface area (Å²) in [5, 5.41) is 2.77. The van der Waals surface area contributed by atoms with Crippen LogP contribution in [0.25, 0.3) is 5.69 Å². The molecule has 134 valence electrons. The fourth-order valence-corrected chi connectivity index (χ4v) is 2.14. The summed E-state index contributed by atoms with van der Waals surface area (Å²) < 4.78 is 15.9. The normalized spacial score (nSPS) is 11.2. The van der Waals surface area contributed by atoms with Crippen LogP contribution in [-0.4, -0.2) is 21.5 Å². The van der Waals surface area contributed by atoms with Crippen molar-refractivity contribution in [2.24, 2.45) is 5.73 Å². The molecule has 2 aromatic rings. The summed E-state index contributed by atoms with van der Waals surface area (Å²) in [6.07, 6.45) is 4.36. The molecule has 24 heavy (non-hydrogen) atoms. The molecule has 1 amide bonds. The van der Waals surface area contributed by atoms with Gasteiger partial charge >= 0.3 is 0 Å². The van der Waals surface area contributed by atoms with Gasteiger partial charge in [-0.2, -0.15) is 0 Å². The predicted molar refractivity (Wildman–Crippen MR) is 97.5 cm³/mol. The molecule has 0 aliphatic rings. The molecule has 1 aromatic carbocycles. The molecule has 0 spiro atoms. The molecule has 3 N–H and O–H groups in total. The van der Waals surface area contributed by atoms with Gasteiger partial charge in [0.1, 0.15) is 11.6 Å².